The molecule has 7 heteroatoms. The number of hydrogen-bond donors (Lipinski definition) is 2. The topological polar surface area (TPSA) is 73.1 Å². The van der Waals surface area contributed by atoms with Gasteiger partial charge in [-0.3, -0.25) is 0 Å². The molecule has 0 fully saturated rings. The van der Waals surface area contributed by atoms with Gasteiger partial charge in [-0.25, -0.2) is 18.7 Å². The van der Waals surface area contributed by atoms with Crippen LogP contribution in [0.3, 0.4) is 0 Å². The van der Waals surface area contributed by atoms with Crippen LogP contribution in [-0.4, -0.2) is 16.1 Å². The molecule has 25 heavy (non-hydrogen) atoms. The lowest BCUT2D eigenvalue weighted by Gasteiger charge is -2.17. The van der Waals surface area contributed by atoms with E-state index in [1.165, 1.54) is 30.6 Å². The third kappa shape index (κ3) is 3.60. The van der Waals surface area contributed by atoms with Crippen molar-refractivity contribution in [2.75, 3.05) is 11.1 Å². The van der Waals surface area contributed by atoms with E-state index in [1.807, 2.05) is 13.8 Å². The minimum absolute atomic E-state index is 0.0963. The zero-order chi connectivity index (χ0) is 18.0. The Hall–Kier alpha value is -2.96. The van der Waals surface area contributed by atoms with Crippen molar-refractivity contribution < 1.29 is 13.5 Å². The quantitative estimate of drug-likeness (QED) is 0.671. The first-order chi connectivity index (χ1) is 12.0. The van der Waals surface area contributed by atoms with E-state index in [4.69, 9.17) is 10.5 Å². The zero-order valence-electron chi connectivity index (χ0n) is 13.9. The van der Waals surface area contributed by atoms with Crippen LogP contribution in [0.5, 0.6) is 5.75 Å². The number of nitrogens with one attached hydrogen (secondary N) is 1. The van der Waals surface area contributed by atoms with Crippen molar-refractivity contribution in [1.29, 1.82) is 0 Å². The number of aromatic nitrogens is 2. The van der Waals surface area contributed by atoms with Crippen LogP contribution < -0.4 is 15.8 Å². The molecular weight excluding hydrogens is 326 g/mol. The molecule has 0 aliphatic rings. The summed E-state index contributed by atoms with van der Waals surface area (Å²) >= 11 is 0. The molecule has 130 valence electrons. The number of nitrogens with zero attached hydrogens (tertiary/aromatic N) is 2. The maximum Gasteiger partial charge on any atom is 0.146 e. The Bertz CT molecular complexity index is 917. The predicted molar refractivity (Wildman–Crippen MR) is 94.0 cm³/mol. The standard InChI is InChI=1S/C18H18F2N4O/c1-3-10(2)25-16-6-11(19)4-5-14(16)24-18-17-13(20)7-12(21)8-15(17)22-9-23-18/h4-10H,3,21H2,1-2H3,(H,22,23,24)/t10-/m0/s1. The van der Waals surface area contributed by atoms with E-state index in [2.05, 4.69) is 15.3 Å². The SMILES string of the molecule is CC[C@H](C)Oc1cc(F)ccc1Nc1ncnc2cc(N)cc(F)c12. The van der Waals surface area contributed by atoms with Gasteiger partial charge in [-0.1, -0.05) is 6.92 Å². The lowest BCUT2D eigenvalue weighted by molar-refractivity contribution is 0.218. The van der Waals surface area contributed by atoms with Crippen LogP contribution in [0.4, 0.5) is 26.0 Å². The van der Waals surface area contributed by atoms with Gasteiger partial charge in [0.2, 0.25) is 0 Å². The van der Waals surface area contributed by atoms with Gasteiger partial charge in [0, 0.05) is 11.8 Å². The first kappa shape index (κ1) is 16.9. The fourth-order valence-corrected chi connectivity index (χ4v) is 2.38. The van der Waals surface area contributed by atoms with Gasteiger partial charge in [-0.2, -0.15) is 0 Å². The zero-order valence-corrected chi connectivity index (χ0v) is 13.9. The number of rotatable bonds is 5. The van der Waals surface area contributed by atoms with Gasteiger partial charge in [0.25, 0.3) is 0 Å². The first-order valence-corrected chi connectivity index (χ1v) is 7.91. The van der Waals surface area contributed by atoms with Crippen molar-refractivity contribution in [1.82, 2.24) is 9.97 Å². The van der Waals surface area contributed by atoms with E-state index >= 15 is 0 Å². The molecule has 0 spiro atoms. The smallest absolute Gasteiger partial charge is 0.146 e. The van der Waals surface area contributed by atoms with Crippen LogP contribution in [-0.2, 0) is 0 Å². The summed E-state index contributed by atoms with van der Waals surface area (Å²) in [6, 6.07) is 6.87. The van der Waals surface area contributed by atoms with Crippen molar-refractivity contribution in [2.24, 2.45) is 0 Å². The number of anilines is 3. The molecule has 0 saturated carbocycles. The van der Waals surface area contributed by atoms with E-state index in [9.17, 15) is 8.78 Å². The van der Waals surface area contributed by atoms with Crippen LogP contribution in [0.15, 0.2) is 36.7 Å². The molecule has 2 aromatic carbocycles. The van der Waals surface area contributed by atoms with Gasteiger partial charge in [-0.05, 0) is 37.6 Å². The third-order valence-electron chi connectivity index (χ3n) is 3.81. The Balaban J connectivity index is 2.05. The van der Waals surface area contributed by atoms with E-state index in [0.717, 1.165) is 6.42 Å². The number of halogens is 2. The molecule has 0 bridgehead atoms. The van der Waals surface area contributed by atoms with Gasteiger partial charge < -0.3 is 15.8 Å². The van der Waals surface area contributed by atoms with E-state index in [1.54, 1.807) is 6.07 Å². The Kier molecular flexibility index (Phi) is 4.65. The molecule has 5 nitrogen and oxygen atoms in total. The average Bonchev–Trinajstić information content (AvgIpc) is 2.56. The molecule has 0 aliphatic heterocycles. The average molecular weight is 344 g/mol. The Labute approximate surface area is 143 Å². The van der Waals surface area contributed by atoms with E-state index in [0.29, 0.717) is 17.0 Å². The number of nitrogen functional groups attached to an aromatic ring is 1. The molecule has 3 rings (SSSR count). The second-order valence-corrected chi connectivity index (χ2v) is 5.72. The molecule has 0 radical (unpaired) electrons. The van der Waals surface area contributed by atoms with Crippen LogP contribution >= 0.6 is 0 Å². The Morgan fingerprint density at radius 1 is 1.20 bits per heavy atom. The highest BCUT2D eigenvalue weighted by Crippen LogP contribution is 2.32. The summed E-state index contributed by atoms with van der Waals surface area (Å²) in [5, 5.41) is 3.21. The summed E-state index contributed by atoms with van der Waals surface area (Å²) in [5.74, 6) is -0.375. The molecule has 0 saturated heterocycles. The van der Waals surface area contributed by atoms with Gasteiger partial charge in [0.05, 0.1) is 22.7 Å². The maximum atomic E-state index is 14.3. The molecular formula is C18H18F2N4O. The van der Waals surface area contributed by atoms with Crippen LogP contribution in [0.1, 0.15) is 20.3 Å². The summed E-state index contributed by atoms with van der Waals surface area (Å²) in [4.78, 5) is 8.14. The highest BCUT2D eigenvalue weighted by Gasteiger charge is 2.14. The second-order valence-electron chi connectivity index (χ2n) is 5.72. The van der Waals surface area contributed by atoms with Crippen molar-refractivity contribution >= 4 is 28.1 Å². The fourth-order valence-electron chi connectivity index (χ4n) is 2.38. The third-order valence-corrected chi connectivity index (χ3v) is 3.81. The Morgan fingerprint density at radius 3 is 2.76 bits per heavy atom. The second kappa shape index (κ2) is 6.88. The summed E-state index contributed by atoms with van der Waals surface area (Å²) in [5.41, 5.74) is 6.79. The van der Waals surface area contributed by atoms with Crippen molar-refractivity contribution in [3.05, 3.63) is 48.3 Å². The molecule has 0 aliphatic carbocycles. The number of benzene rings is 2. The minimum atomic E-state index is -0.537. The van der Waals surface area contributed by atoms with Gasteiger partial charge in [0.1, 0.15) is 29.5 Å². The van der Waals surface area contributed by atoms with Crippen LogP contribution in [0, 0.1) is 11.6 Å². The summed E-state index contributed by atoms with van der Waals surface area (Å²) in [6.45, 7) is 3.85. The normalized spacial score (nSPS) is 12.2. The molecule has 1 aromatic heterocycles. The summed E-state index contributed by atoms with van der Waals surface area (Å²) in [6.07, 6.45) is 1.98. The number of hydrogen-bond acceptors (Lipinski definition) is 5. The highest BCUT2D eigenvalue weighted by molar-refractivity contribution is 5.93. The molecule has 3 N–H and O–H groups in total. The van der Waals surface area contributed by atoms with Crippen LogP contribution in [0.2, 0.25) is 0 Å². The van der Waals surface area contributed by atoms with E-state index in [-0.39, 0.29) is 23.0 Å². The summed E-state index contributed by atoms with van der Waals surface area (Å²) < 4.78 is 33.7. The predicted octanol–water partition coefficient (Wildman–Crippen LogP) is 4.41. The largest absolute Gasteiger partial charge is 0.488 e. The van der Waals surface area contributed by atoms with Gasteiger partial charge in [0.15, 0.2) is 0 Å². The van der Waals surface area contributed by atoms with E-state index < -0.39 is 11.6 Å². The van der Waals surface area contributed by atoms with Crippen molar-refractivity contribution in [3.63, 3.8) is 0 Å². The number of fused-ring (bicyclic) bond motifs is 1. The Morgan fingerprint density at radius 2 is 2.00 bits per heavy atom. The monoisotopic (exact) mass is 344 g/mol. The molecule has 1 heterocycles. The number of ether oxygens (including phenoxy) is 1. The fraction of sp³-hybridized carbons (Fsp3) is 0.222. The van der Waals surface area contributed by atoms with Gasteiger partial charge in [-0.15, -0.1) is 0 Å². The number of nitrogens with two attached hydrogens (primary N) is 1. The molecule has 0 amide bonds. The maximum absolute atomic E-state index is 14.3. The lowest BCUT2D eigenvalue weighted by atomic mass is 10.2. The van der Waals surface area contributed by atoms with Crippen LogP contribution in [0.25, 0.3) is 10.9 Å². The minimum Gasteiger partial charge on any atom is -0.488 e. The highest BCUT2D eigenvalue weighted by atomic mass is 19.1. The summed E-state index contributed by atoms with van der Waals surface area (Å²) in [7, 11) is 0. The van der Waals surface area contributed by atoms with Crippen molar-refractivity contribution in [2.45, 2.75) is 26.4 Å². The van der Waals surface area contributed by atoms with Gasteiger partial charge >= 0.3 is 0 Å². The lowest BCUT2D eigenvalue weighted by Crippen LogP contribution is -2.11. The molecule has 3 aromatic rings. The van der Waals surface area contributed by atoms with Crippen molar-refractivity contribution in [3.8, 4) is 5.75 Å². The first-order valence-electron chi connectivity index (χ1n) is 7.91. The molecule has 0 unspecified atom stereocenters. The molecule has 1 atom stereocenters.